The Labute approximate surface area is 40.4 Å². The summed E-state index contributed by atoms with van der Waals surface area (Å²) in [6, 6.07) is 0. The molecular formula is C3H6N2O2. The Bertz CT molecular complexity index is 99.1. The predicted molar refractivity (Wildman–Crippen MR) is 22.6 cm³/mol. The normalized spacial score (nSPS) is 24.9. The van der Waals surface area contributed by atoms with Gasteiger partial charge in [-0.1, -0.05) is 0 Å². The molecule has 0 saturated heterocycles. The van der Waals surface area contributed by atoms with Gasteiger partial charge in [-0.3, -0.25) is 0 Å². The van der Waals surface area contributed by atoms with E-state index in [4.69, 9.17) is 10.2 Å². The first-order valence-corrected chi connectivity index (χ1v) is 1.86. The third-order valence-electron chi connectivity index (χ3n) is 0.655. The maximum Gasteiger partial charge on any atom is 0.262 e. The number of nitrogens with one attached hydrogen (secondary N) is 2. The Morgan fingerprint density at radius 3 is 2.29 bits per heavy atom. The molecule has 4 N–H and O–H groups in total. The van der Waals surface area contributed by atoms with Crippen molar-refractivity contribution in [1.82, 2.24) is 10.9 Å². The van der Waals surface area contributed by atoms with Crippen LogP contribution in [0.2, 0.25) is 0 Å². The maximum absolute atomic E-state index is 8.49. The molecule has 4 heteroatoms. The van der Waals surface area contributed by atoms with Crippen LogP contribution in [0.5, 0.6) is 0 Å². The quantitative estimate of drug-likeness (QED) is 0.274. The Balaban J connectivity index is 2.57. The molecule has 7 heavy (non-hydrogen) atoms. The highest BCUT2D eigenvalue weighted by Crippen LogP contribution is 1.96. The molecule has 40 valence electrons. The number of hydrogen-bond acceptors (Lipinski definition) is 4. The van der Waals surface area contributed by atoms with Crippen molar-refractivity contribution < 1.29 is 10.2 Å². The summed E-state index contributed by atoms with van der Waals surface area (Å²) in [5.41, 5.74) is 4.53. The van der Waals surface area contributed by atoms with E-state index < -0.39 is 5.91 Å². The molecule has 0 aromatic rings. The minimum atomic E-state index is -1.85. The van der Waals surface area contributed by atoms with Crippen LogP contribution in [0.4, 0.5) is 0 Å². The fourth-order valence-electron chi connectivity index (χ4n) is 0.347. The van der Waals surface area contributed by atoms with Crippen LogP contribution in [-0.4, -0.2) is 16.1 Å². The van der Waals surface area contributed by atoms with E-state index in [1.54, 1.807) is 0 Å². The zero-order valence-corrected chi connectivity index (χ0v) is 3.55. The summed E-state index contributed by atoms with van der Waals surface area (Å²) < 4.78 is 0. The molecule has 0 aromatic carbocycles. The minimum absolute atomic E-state index is 1.19. The van der Waals surface area contributed by atoms with E-state index in [2.05, 4.69) is 10.9 Å². The third-order valence-corrected chi connectivity index (χ3v) is 0.655. The molecule has 4 nitrogen and oxygen atoms in total. The zero-order chi connectivity index (χ0) is 5.33. The standard InChI is InChI=1S/C3H6N2O2/c6-3(7)1-2-4-5-3/h1-2,4-7H. The lowest BCUT2D eigenvalue weighted by molar-refractivity contribution is -0.141. The van der Waals surface area contributed by atoms with Crippen LogP contribution >= 0.6 is 0 Å². The topological polar surface area (TPSA) is 64.5 Å². The van der Waals surface area contributed by atoms with Crippen molar-refractivity contribution in [3.63, 3.8) is 0 Å². The SMILES string of the molecule is OC1(O)C=CNN1. The van der Waals surface area contributed by atoms with E-state index in [1.807, 2.05) is 0 Å². The first kappa shape index (κ1) is 4.58. The van der Waals surface area contributed by atoms with Gasteiger partial charge in [0.1, 0.15) is 0 Å². The van der Waals surface area contributed by atoms with Crippen LogP contribution in [0.3, 0.4) is 0 Å². The largest absolute Gasteiger partial charge is 0.349 e. The van der Waals surface area contributed by atoms with Crippen molar-refractivity contribution >= 4 is 0 Å². The van der Waals surface area contributed by atoms with Crippen molar-refractivity contribution in [3.05, 3.63) is 12.3 Å². The number of hydrazine groups is 1. The van der Waals surface area contributed by atoms with Gasteiger partial charge < -0.3 is 15.6 Å². The average molecular weight is 102 g/mol. The first-order valence-electron chi connectivity index (χ1n) is 1.86. The van der Waals surface area contributed by atoms with Crippen molar-refractivity contribution in [2.45, 2.75) is 5.91 Å². The molecule has 1 rings (SSSR count). The van der Waals surface area contributed by atoms with Crippen molar-refractivity contribution in [2.75, 3.05) is 0 Å². The minimum Gasteiger partial charge on any atom is -0.349 e. The van der Waals surface area contributed by atoms with Gasteiger partial charge in [-0.05, 0) is 0 Å². The van der Waals surface area contributed by atoms with Crippen LogP contribution in [0.15, 0.2) is 12.3 Å². The lowest BCUT2D eigenvalue weighted by atomic mass is 10.5. The highest BCUT2D eigenvalue weighted by atomic mass is 16.5. The average Bonchev–Trinajstić information content (AvgIpc) is 1.84. The van der Waals surface area contributed by atoms with Crippen molar-refractivity contribution in [1.29, 1.82) is 0 Å². The van der Waals surface area contributed by atoms with Gasteiger partial charge in [0, 0.05) is 12.3 Å². The molecule has 0 aromatic heterocycles. The van der Waals surface area contributed by atoms with E-state index in [0.717, 1.165) is 0 Å². The molecular weight excluding hydrogens is 96.0 g/mol. The number of aliphatic hydroxyl groups is 2. The third kappa shape index (κ3) is 0.894. The fraction of sp³-hybridized carbons (Fsp3) is 0.333. The molecule has 0 unspecified atom stereocenters. The van der Waals surface area contributed by atoms with Gasteiger partial charge in [-0.25, -0.2) is 0 Å². The highest BCUT2D eigenvalue weighted by Gasteiger charge is 2.20. The van der Waals surface area contributed by atoms with Gasteiger partial charge in [0.05, 0.1) is 0 Å². The molecule has 0 spiro atoms. The Kier molecular flexibility index (Phi) is 0.780. The smallest absolute Gasteiger partial charge is 0.262 e. The summed E-state index contributed by atoms with van der Waals surface area (Å²) in [7, 11) is 0. The van der Waals surface area contributed by atoms with Gasteiger partial charge in [0.15, 0.2) is 0 Å². The molecule has 0 atom stereocenters. The lowest BCUT2D eigenvalue weighted by Gasteiger charge is -2.10. The monoisotopic (exact) mass is 102 g/mol. The van der Waals surface area contributed by atoms with Gasteiger partial charge in [-0.2, -0.15) is 5.43 Å². The lowest BCUT2D eigenvalue weighted by Crippen LogP contribution is -2.43. The maximum atomic E-state index is 8.49. The molecule has 0 saturated carbocycles. The molecule has 0 radical (unpaired) electrons. The summed E-state index contributed by atoms with van der Waals surface area (Å²) in [4.78, 5) is 0. The van der Waals surface area contributed by atoms with Gasteiger partial charge in [-0.15, -0.1) is 0 Å². The molecule has 0 bridgehead atoms. The summed E-state index contributed by atoms with van der Waals surface area (Å²) in [5, 5.41) is 17.0. The van der Waals surface area contributed by atoms with E-state index in [1.165, 1.54) is 12.3 Å². The summed E-state index contributed by atoms with van der Waals surface area (Å²) in [6.45, 7) is 0. The number of hydrogen-bond donors (Lipinski definition) is 4. The Hall–Kier alpha value is -0.580. The fourth-order valence-corrected chi connectivity index (χ4v) is 0.347. The summed E-state index contributed by atoms with van der Waals surface area (Å²) in [6.07, 6.45) is 2.59. The summed E-state index contributed by atoms with van der Waals surface area (Å²) >= 11 is 0. The second-order valence-corrected chi connectivity index (χ2v) is 1.33. The second kappa shape index (κ2) is 1.19. The first-order chi connectivity index (χ1) is 3.21. The Morgan fingerprint density at radius 1 is 1.43 bits per heavy atom. The number of rotatable bonds is 0. The van der Waals surface area contributed by atoms with Gasteiger partial charge in [0.25, 0.3) is 5.91 Å². The molecule has 1 aliphatic heterocycles. The summed E-state index contributed by atoms with van der Waals surface area (Å²) in [5.74, 6) is -1.85. The van der Waals surface area contributed by atoms with Crippen LogP contribution < -0.4 is 10.9 Å². The van der Waals surface area contributed by atoms with Gasteiger partial charge in [0.2, 0.25) is 0 Å². The molecule has 1 heterocycles. The van der Waals surface area contributed by atoms with E-state index >= 15 is 0 Å². The van der Waals surface area contributed by atoms with Crippen LogP contribution in [0, 0.1) is 0 Å². The molecule has 1 aliphatic rings. The second-order valence-electron chi connectivity index (χ2n) is 1.33. The van der Waals surface area contributed by atoms with Crippen LogP contribution in [-0.2, 0) is 0 Å². The van der Waals surface area contributed by atoms with E-state index in [-0.39, 0.29) is 0 Å². The highest BCUT2D eigenvalue weighted by molar-refractivity contribution is 4.95. The van der Waals surface area contributed by atoms with E-state index in [0.29, 0.717) is 0 Å². The predicted octanol–water partition coefficient (Wildman–Crippen LogP) is -1.75. The van der Waals surface area contributed by atoms with Crippen molar-refractivity contribution in [3.8, 4) is 0 Å². The Morgan fingerprint density at radius 2 is 2.14 bits per heavy atom. The van der Waals surface area contributed by atoms with Gasteiger partial charge >= 0.3 is 0 Å². The van der Waals surface area contributed by atoms with Crippen molar-refractivity contribution in [2.24, 2.45) is 0 Å². The van der Waals surface area contributed by atoms with E-state index in [9.17, 15) is 0 Å². The molecule has 0 aliphatic carbocycles. The zero-order valence-electron chi connectivity index (χ0n) is 3.55. The molecule has 0 amide bonds. The van der Waals surface area contributed by atoms with Crippen LogP contribution in [0.25, 0.3) is 0 Å². The molecule has 0 fully saturated rings. The van der Waals surface area contributed by atoms with Crippen LogP contribution in [0.1, 0.15) is 0 Å².